The van der Waals surface area contributed by atoms with Crippen LogP contribution in [0.4, 0.5) is 4.39 Å². The van der Waals surface area contributed by atoms with E-state index < -0.39 is 0 Å². The molecular weight excluding hydrogens is 319 g/mol. The number of fused-ring (bicyclic) bond motifs is 3. The molecule has 1 saturated carbocycles. The zero-order chi connectivity index (χ0) is 17.4. The third-order valence-corrected chi connectivity index (χ3v) is 5.31. The number of carbonyl (C=O) groups excluding carboxylic acids is 1. The van der Waals surface area contributed by atoms with Gasteiger partial charge in [0.2, 0.25) is 0 Å². The van der Waals surface area contributed by atoms with Crippen molar-refractivity contribution in [1.82, 2.24) is 8.97 Å². The fourth-order valence-corrected chi connectivity index (χ4v) is 4.03. The van der Waals surface area contributed by atoms with E-state index in [1.807, 2.05) is 0 Å². The molecule has 4 nitrogen and oxygen atoms in total. The van der Waals surface area contributed by atoms with Crippen molar-refractivity contribution < 1.29 is 9.18 Å². The van der Waals surface area contributed by atoms with E-state index in [1.165, 1.54) is 25.0 Å². The van der Waals surface area contributed by atoms with Gasteiger partial charge in [0.05, 0.1) is 11.0 Å². The Balaban J connectivity index is 1.67. The summed E-state index contributed by atoms with van der Waals surface area (Å²) in [6.45, 7) is 0.298. The van der Waals surface area contributed by atoms with Gasteiger partial charge in [-0.3, -0.25) is 9.59 Å². The predicted octanol–water partition coefficient (Wildman–Crippen LogP) is 3.93. The highest BCUT2D eigenvalue weighted by atomic mass is 19.1. The van der Waals surface area contributed by atoms with E-state index in [9.17, 15) is 14.0 Å². The first-order valence-corrected chi connectivity index (χ1v) is 8.94. The van der Waals surface area contributed by atoms with Crippen LogP contribution in [0.5, 0.6) is 0 Å². The van der Waals surface area contributed by atoms with Gasteiger partial charge in [0.1, 0.15) is 17.1 Å². The van der Waals surface area contributed by atoms with Crippen LogP contribution in [0.25, 0.3) is 16.6 Å². The lowest BCUT2D eigenvalue weighted by Crippen LogP contribution is -2.24. The van der Waals surface area contributed by atoms with E-state index in [0.29, 0.717) is 36.3 Å². The number of carbonyl (C=O) groups is 1. The van der Waals surface area contributed by atoms with Crippen LogP contribution >= 0.6 is 0 Å². The third-order valence-electron chi connectivity index (χ3n) is 5.31. The molecule has 0 unspecified atom stereocenters. The summed E-state index contributed by atoms with van der Waals surface area (Å²) in [6, 6.07) is 7.99. The molecule has 0 atom stereocenters. The number of ketones is 1. The minimum atomic E-state index is -0.385. The SMILES string of the molecule is O=C(CCn1c(=O)c2cccn2c2ccc(F)cc21)CC1CCCC1. The molecule has 5 heteroatoms. The molecule has 130 valence electrons. The lowest BCUT2D eigenvalue weighted by molar-refractivity contribution is -0.120. The number of aromatic nitrogens is 2. The molecule has 0 amide bonds. The summed E-state index contributed by atoms with van der Waals surface area (Å²) in [5, 5.41) is 0. The zero-order valence-corrected chi connectivity index (χ0v) is 14.1. The van der Waals surface area contributed by atoms with Crippen molar-refractivity contribution in [2.75, 3.05) is 0 Å². The lowest BCUT2D eigenvalue weighted by Gasteiger charge is -2.13. The number of hydrogen-bond donors (Lipinski definition) is 0. The zero-order valence-electron chi connectivity index (χ0n) is 14.1. The molecule has 4 rings (SSSR count). The van der Waals surface area contributed by atoms with Crippen LogP contribution < -0.4 is 5.56 Å². The topological polar surface area (TPSA) is 43.5 Å². The molecule has 2 heterocycles. The van der Waals surface area contributed by atoms with Crippen molar-refractivity contribution >= 4 is 22.3 Å². The van der Waals surface area contributed by atoms with Crippen molar-refractivity contribution in [3.63, 3.8) is 0 Å². The van der Waals surface area contributed by atoms with E-state index >= 15 is 0 Å². The van der Waals surface area contributed by atoms with Gasteiger partial charge in [0.15, 0.2) is 0 Å². The molecule has 1 fully saturated rings. The van der Waals surface area contributed by atoms with Gasteiger partial charge in [0.25, 0.3) is 5.56 Å². The summed E-state index contributed by atoms with van der Waals surface area (Å²) >= 11 is 0. The van der Waals surface area contributed by atoms with E-state index in [0.717, 1.165) is 18.4 Å². The fourth-order valence-electron chi connectivity index (χ4n) is 4.03. The number of nitrogens with zero attached hydrogens (tertiary/aromatic N) is 2. The van der Waals surface area contributed by atoms with Gasteiger partial charge in [-0.1, -0.05) is 25.7 Å². The molecule has 1 aliphatic rings. The molecule has 2 aromatic heterocycles. The smallest absolute Gasteiger partial charge is 0.275 e. The monoisotopic (exact) mass is 340 g/mol. The van der Waals surface area contributed by atoms with E-state index in [2.05, 4.69) is 0 Å². The van der Waals surface area contributed by atoms with Crippen molar-refractivity contribution in [2.45, 2.75) is 45.1 Å². The summed E-state index contributed by atoms with van der Waals surface area (Å²) in [5.74, 6) is 0.314. The summed E-state index contributed by atoms with van der Waals surface area (Å²) < 4.78 is 17.1. The molecule has 1 aliphatic carbocycles. The van der Waals surface area contributed by atoms with Crippen LogP contribution in [0, 0.1) is 11.7 Å². The second-order valence-corrected chi connectivity index (χ2v) is 7.00. The van der Waals surface area contributed by atoms with Crippen molar-refractivity contribution in [1.29, 1.82) is 0 Å². The number of hydrogen-bond acceptors (Lipinski definition) is 2. The molecular formula is C20H21FN2O2. The summed E-state index contributed by atoms with van der Waals surface area (Å²) in [5.41, 5.74) is 1.66. The molecule has 0 saturated heterocycles. The minimum Gasteiger partial charge on any atom is -0.310 e. The molecule has 3 aromatic rings. The summed E-state index contributed by atoms with van der Waals surface area (Å²) in [4.78, 5) is 25.1. The number of aryl methyl sites for hydroxylation is 1. The highest BCUT2D eigenvalue weighted by Crippen LogP contribution is 2.28. The molecule has 0 radical (unpaired) electrons. The van der Waals surface area contributed by atoms with Crippen LogP contribution in [-0.4, -0.2) is 14.8 Å². The molecule has 0 aliphatic heterocycles. The maximum Gasteiger partial charge on any atom is 0.275 e. The number of benzene rings is 1. The Morgan fingerprint density at radius 2 is 1.92 bits per heavy atom. The van der Waals surface area contributed by atoms with Crippen molar-refractivity contribution in [3.05, 3.63) is 52.7 Å². The highest BCUT2D eigenvalue weighted by Gasteiger charge is 2.19. The van der Waals surface area contributed by atoms with Gasteiger partial charge < -0.3 is 8.97 Å². The van der Waals surface area contributed by atoms with Gasteiger partial charge in [-0.05, 0) is 36.2 Å². The van der Waals surface area contributed by atoms with Crippen LogP contribution in [-0.2, 0) is 11.3 Å². The van der Waals surface area contributed by atoms with Gasteiger partial charge >= 0.3 is 0 Å². The fraction of sp³-hybridized carbons (Fsp3) is 0.400. The Kier molecular flexibility index (Phi) is 4.15. The van der Waals surface area contributed by atoms with Crippen molar-refractivity contribution in [3.8, 4) is 0 Å². The minimum absolute atomic E-state index is 0.184. The van der Waals surface area contributed by atoms with Gasteiger partial charge in [-0.2, -0.15) is 0 Å². The normalized spacial score (nSPS) is 15.4. The predicted molar refractivity (Wildman–Crippen MR) is 95.3 cm³/mol. The Morgan fingerprint density at radius 3 is 2.72 bits per heavy atom. The highest BCUT2D eigenvalue weighted by molar-refractivity contribution is 5.81. The summed E-state index contributed by atoms with van der Waals surface area (Å²) in [6.07, 6.45) is 7.42. The maximum absolute atomic E-state index is 13.8. The largest absolute Gasteiger partial charge is 0.310 e. The second-order valence-electron chi connectivity index (χ2n) is 7.00. The van der Waals surface area contributed by atoms with Gasteiger partial charge in [-0.25, -0.2) is 4.39 Å². The summed E-state index contributed by atoms with van der Waals surface area (Å²) in [7, 11) is 0. The number of halogens is 1. The first kappa shape index (κ1) is 16.1. The van der Waals surface area contributed by atoms with Crippen LogP contribution in [0.15, 0.2) is 41.3 Å². The second kappa shape index (κ2) is 6.47. The maximum atomic E-state index is 13.8. The average molecular weight is 340 g/mol. The van der Waals surface area contributed by atoms with E-state index in [-0.39, 0.29) is 17.2 Å². The van der Waals surface area contributed by atoms with E-state index in [1.54, 1.807) is 33.4 Å². The molecule has 0 spiro atoms. The Labute approximate surface area is 144 Å². The van der Waals surface area contributed by atoms with Crippen molar-refractivity contribution in [2.24, 2.45) is 5.92 Å². The third kappa shape index (κ3) is 2.99. The first-order chi connectivity index (χ1) is 12.1. The molecule has 1 aromatic carbocycles. The molecule has 0 bridgehead atoms. The first-order valence-electron chi connectivity index (χ1n) is 8.94. The van der Waals surface area contributed by atoms with Crippen LogP contribution in [0.1, 0.15) is 38.5 Å². The molecule has 0 N–H and O–H groups in total. The number of Topliss-reactive ketones (excluding diaryl/α,β-unsaturated/α-hetero) is 1. The average Bonchev–Trinajstić information content (AvgIpc) is 3.26. The van der Waals surface area contributed by atoms with Gasteiger partial charge in [-0.15, -0.1) is 0 Å². The van der Waals surface area contributed by atoms with E-state index in [4.69, 9.17) is 0 Å². The van der Waals surface area contributed by atoms with Crippen LogP contribution in [0.3, 0.4) is 0 Å². The van der Waals surface area contributed by atoms with Gasteiger partial charge in [0, 0.05) is 25.6 Å². The Bertz CT molecular complexity index is 996. The lowest BCUT2D eigenvalue weighted by atomic mass is 9.99. The Hall–Kier alpha value is -2.43. The van der Waals surface area contributed by atoms with Crippen LogP contribution in [0.2, 0.25) is 0 Å². The quantitative estimate of drug-likeness (QED) is 0.706. The standard InChI is InChI=1S/C20H21FN2O2/c21-15-7-8-17-19(13-15)23(20(25)18-6-3-10-22(17)18)11-9-16(24)12-14-4-1-2-5-14/h3,6-8,10,13-14H,1-2,4-5,9,11-12H2. The Morgan fingerprint density at radius 1 is 1.12 bits per heavy atom. The molecule has 25 heavy (non-hydrogen) atoms. The number of rotatable bonds is 5.